The minimum Gasteiger partial charge on any atom is -0.508 e. The highest BCUT2D eigenvalue weighted by Gasteiger charge is 2.34. The Hall–Kier alpha value is -1.09. The molecule has 118 valence electrons. The molecule has 0 spiro atoms. The van der Waals surface area contributed by atoms with Crippen molar-refractivity contribution in [3.8, 4) is 5.75 Å². The molecule has 0 aliphatic heterocycles. The molecule has 1 aromatic carbocycles. The first-order valence-electron chi connectivity index (χ1n) is 8.03. The third kappa shape index (κ3) is 3.97. The van der Waals surface area contributed by atoms with Crippen molar-refractivity contribution in [1.29, 1.82) is 0 Å². The van der Waals surface area contributed by atoms with Crippen LogP contribution in [0.25, 0.3) is 0 Å². The zero-order valence-electron chi connectivity index (χ0n) is 13.6. The molecule has 3 heteroatoms. The second-order valence-electron chi connectivity index (χ2n) is 7.45. The maximum Gasteiger partial charge on any atom is 0.123 e. The lowest BCUT2D eigenvalue weighted by molar-refractivity contribution is 0.124. The number of phenols is 1. The zero-order chi connectivity index (χ0) is 15.6. The number of phenolic OH excluding ortho intramolecular Hbond substituents is 1. The van der Waals surface area contributed by atoms with Crippen LogP contribution in [0.5, 0.6) is 5.75 Å². The van der Waals surface area contributed by atoms with Gasteiger partial charge >= 0.3 is 0 Å². The van der Waals surface area contributed by atoms with Crippen molar-refractivity contribution in [2.24, 2.45) is 11.3 Å². The summed E-state index contributed by atoms with van der Waals surface area (Å²) >= 11 is 0. The summed E-state index contributed by atoms with van der Waals surface area (Å²) in [6, 6.07) is 4.54. The largest absolute Gasteiger partial charge is 0.508 e. The summed E-state index contributed by atoms with van der Waals surface area (Å²) in [5, 5.41) is 13.6. The maximum absolute atomic E-state index is 13.4. The second-order valence-corrected chi connectivity index (χ2v) is 7.45. The number of halogens is 1. The van der Waals surface area contributed by atoms with Crippen LogP contribution in [-0.4, -0.2) is 11.1 Å². The Kier molecular flexibility index (Phi) is 4.92. The molecule has 3 atom stereocenters. The van der Waals surface area contributed by atoms with Crippen LogP contribution in [0.2, 0.25) is 0 Å². The SMILES string of the molecule is CC(NC1CCCCC1C(C)(C)C)c1cc(F)ccc1O. The van der Waals surface area contributed by atoms with Crippen molar-refractivity contribution in [2.75, 3.05) is 0 Å². The maximum atomic E-state index is 13.4. The van der Waals surface area contributed by atoms with Gasteiger partial charge in [0.2, 0.25) is 0 Å². The minimum absolute atomic E-state index is 0.0475. The van der Waals surface area contributed by atoms with E-state index in [-0.39, 0.29) is 23.0 Å². The molecule has 1 saturated carbocycles. The van der Waals surface area contributed by atoms with Crippen LogP contribution in [0, 0.1) is 17.2 Å². The van der Waals surface area contributed by atoms with Gasteiger partial charge < -0.3 is 10.4 Å². The van der Waals surface area contributed by atoms with Crippen molar-refractivity contribution in [2.45, 2.75) is 65.5 Å². The molecule has 1 aliphatic carbocycles. The number of hydrogen-bond acceptors (Lipinski definition) is 2. The molecule has 3 unspecified atom stereocenters. The molecular formula is C18H28FNO. The molecule has 0 saturated heterocycles. The summed E-state index contributed by atoms with van der Waals surface area (Å²) in [5.41, 5.74) is 0.912. The topological polar surface area (TPSA) is 32.3 Å². The highest BCUT2D eigenvalue weighted by atomic mass is 19.1. The Bertz CT molecular complexity index is 481. The van der Waals surface area contributed by atoms with Crippen LogP contribution >= 0.6 is 0 Å². The first-order chi connectivity index (χ1) is 9.79. The van der Waals surface area contributed by atoms with Gasteiger partial charge in [0, 0.05) is 17.6 Å². The molecule has 2 N–H and O–H groups in total. The number of rotatable bonds is 3. The van der Waals surface area contributed by atoms with E-state index in [2.05, 4.69) is 26.1 Å². The number of aromatic hydroxyl groups is 1. The zero-order valence-corrected chi connectivity index (χ0v) is 13.6. The smallest absolute Gasteiger partial charge is 0.123 e. The predicted molar refractivity (Wildman–Crippen MR) is 84.8 cm³/mol. The van der Waals surface area contributed by atoms with E-state index in [0.717, 1.165) is 6.42 Å². The summed E-state index contributed by atoms with van der Waals surface area (Å²) < 4.78 is 13.4. The molecule has 0 bridgehead atoms. The lowest BCUT2D eigenvalue weighted by Gasteiger charge is -2.42. The third-order valence-electron chi connectivity index (χ3n) is 4.80. The molecule has 1 fully saturated rings. The average molecular weight is 293 g/mol. The second kappa shape index (κ2) is 6.35. The first kappa shape index (κ1) is 16.3. The van der Waals surface area contributed by atoms with Gasteiger partial charge in [-0.1, -0.05) is 33.6 Å². The van der Waals surface area contributed by atoms with Gasteiger partial charge in [0.05, 0.1) is 0 Å². The van der Waals surface area contributed by atoms with E-state index in [1.807, 2.05) is 6.92 Å². The van der Waals surface area contributed by atoms with E-state index in [4.69, 9.17) is 0 Å². The Morgan fingerprint density at radius 2 is 1.90 bits per heavy atom. The quantitative estimate of drug-likeness (QED) is 0.840. The Morgan fingerprint density at radius 1 is 1.24 bits per heavy atom. The summed E-state index contributed by atoms with van der Waals surface area (Å²) in [6.07, 6.45) is 4.93. The Labute approximate surface area is 127 Å². The van der Waals surface area contributed by atoms with Gasteiger partial charge in [0.15, 0.2) is 0 Å². The van der Waals surface area contributed by atoms with Gasteiger partial charge in [-0.15, -0.1) is 0 Å². The molecule has 0 heterocycles. The van der Waals surface area contributed by atoms with E-state index >= 15 is 0 Å². The molecular weight excluding hydrogens is 265 g/mol. The van der Waals surface area contributed by atoms with Gasteiger partial charge in [-0.25, -0.2) is 4.39 Å². The van der Waals surface area contributed by atoms with E-state index in [1.54, 1.807) is 0 Å². The molecule has 21 heavy (non-hydrogen) atoms. The normalized spacial score (nSPS) is 24.8. The predicted octanol–water partition coefficient (Wildman–Crippen LogP) is 4.79. The van der Waals surface area contributed by atoms with Crippen molar-refractivity contribution in [3.63, 3.8) is 0 Å². The third-order valence-corrected chi connectivity index (χ3v) is 4.80. The standard InChI is InChI=1S/C18H28FNO/c1-12(14-11-13(19)9-10-17(14)21)20-16-8-6-5-7-15(16)18(2,3)4/h9-12,15-16,20-21H,5-8H2,1-4H3. The Morgan fingerprint density at radius 3 is 2.57 bits per heavy atom. The van der Waals surface area contributed by atoms with Crippen molar-refractivity contribution in [3.05, 3.63) is 29.6 Å². The van der Waals surface area contributed by atoms with Crippen molar-refractivity contribution in [1.82, 2.24) is 5.32 Å². The fourth-order valence-corrected chi connectivity index (χ4v) is 3.65. The summed E-state index contributed by atoms with van der Waals surface area (Å²) in [7, 11) is 0. The summed E-state index contributed by atoms with van der Waals surface area (Å²) in [4.78, 5) is 0. The highest BCUT2D eigenvalue weighted by Crippen LogP contribution is 2.39. The monoisotopic (exact) mass is 293 g/mol. The molecule has 1 aliphatic rings. The van der Waals surface area contributed by atoms with Crippen LogP contribution < -0.4 is 5.32 Å². The molecule has 2 nitrogen and oxygen atoms in total. The van der Waals surface area contributed by atoms with E-state index in [1.165, 1.54) is 37.5 Å². The van der Waals surface area contributed by atoms with Crippen molar-refractivity contribution >= 4 is 0 Å². The van der Waals surface area contributed by atoms with E-state index in [0.29, 0.717) is 17.5 Å². The number of hydrogen-bond donors (Lipinski definition) is 2. The Balaban J connectivity index is 2.13. The fraction of sp³-hybridized carbons (Fsp3) is 0.667. The van der Waals surface area contributed by atoms with Gasteiger partial charge in [-0.05, 0) is 49.3 Å². The van der Waals surface area contributed by atoms with Gasteiger partial charge in [0.1, 0.15) is 11.6 Å². The highest BCUT2D eigenvalue weighted by molar-refractivity contribution is 5.35. The lowest BCUT2D eigenvalue weighted by Crippen LogP contribution is -2.45. The number of benzene rings is 1. The van der Waals surface area contributed by atoms with Gasteiger partial charge in [0.25, 0.3) is 0 Å². The molecule has 2 rings (SSSR count). The van der Waals surface area contributed by atoms with Gasteiger partial charge in [-0.3, -0.25) is 0 Å². The first-order valence-corrected chi connectivity index (χ1v) is 8.03. The molecule has 0 radical (unpaired) electrons. The molecule has 0 aromatic heterocycles. The molecule has 0 amide bonds. The van der Waals surface area contributed by atoms with Gasteiger partial charge in [-0.2, -0.15) is 0 Å². The number of nitrogens with one attached hydrogen (secondary N) is 1. The molecule has 1 aromatic rings. The van der Waals surface area contributed by atoms with Crippen LogP contribution in [0.4, 0.5) is 4.39 Å². The van der Waals surface area contributed by atoms with E-state index in [9.17, 15) is 9.50 Å². The fourth-order valence-electron chi connectivity index (χ4n) is 3.65. The summed E-state index contributed by atoms with van der Waals surface area (Å²) in [6.45, 7) is 8.88. The van der Waals surface area contributed by atoms with Crippen molar-refractivity contribution < 1.29 is 9.50 Å². The van der Waals surface area contributed by atoms with Crippen LogP contribution in [0.3, 0.4) is 0 Å². The van der Waals surface area contributed by atoms with E-state index < -0.39 is 0 Å². The van der Waals surface area contributed by atoms with Crippen LogP contribution in [-0.2, 0) is 0 Å². The summed E-state index contributed by atoms with van der Waals surface area (Å²) in [5.74, 6) is 0.483. The van der Waals surface area contributed by atoms with Crippen LogP contribution in [0.1, 0.15) is 65.0 Å². The average Bonchev–Trinajstić information content (AvgIpc) is 2.41. The van der Waals surface area contributed by atoms with Crippen LogP contribution in [0.15, 0.2) is 18.2 Å². The lowest BCUT2D eigenvalue weighted by atomic mass is 9.69. The minimum atomic E-state index is -0.299.